The number of nitrogens with one attached hydrogen (secondary N) is 6. The van der Waals surface area contributed by atoms with Crippen LogP contribution in [0.4, 0.5) is 31.1 Å². The predicted molar refractivity (Wildman–Crippen MR) is 238 cm³/mol. The molecule has 0 saturated heterocycles. The fourth-order valence-electron chi connectivity index (χ4n) is 6.58. The Labute approximate surface area is 390 Å². The maximum absolute atomic E-state index is 16.0. The first kappa shape index (κ1) is 59.9. The van der Waals surface area contributed by atoms with Gasteiger partial charge >= 0.3 is 12.1 Å². The Morgan fingerprint density at radius 2 is 0.866 bits per heavy atom. The lowest BCUT2D eigenvalue weighted by Crippen LogP contribution is -2.59. The van der Waals surface area contributed by atoms with Crippen molar-refractivity contribution in [2.75, 3.05) is 0 Å². The van der Waals surface area contributed by atoms with Crippen molar-refractivity contribution in [3.8, 4) is 0 Å². The zero-order valence-corrected chi connectivity index (χ0v) is 40.7. The van der Waals surface area contributed by atoms with Gasteiger partial charge in [0.1, 0.15) is 12.2 Å². The first-order valence-electron chi connectivity index (χ1n) is 22.4. The van der Waals surface area contributed by atoms with Gasteiger partial charge in [0.05, 0.1) is 36.3 Å². The Morgan fingerprint density at radius 1 is 0.493 bits per heavy atom. The number of benzene rings is 1. The molecular weight excluding hydrogens is 895 g/mol. The summed E-state index contributed by atoms with van der Waals surface area (Å²) in [5.41, 5.74) is -0.363. The highest BCUT2D eigenvalue weighted by molar-refractivity contribution is 5.89. The van der Waals surface area contributed by atoms with Gasteiger partial charge in [0, 0.05) is 0 Å². The summed E-state index contributed by atoms with van der Waals surface area (Å²) in [6, 6.07) is -1.48. The third kappa shape index (κ3) is 20.7. The van der Waals surface area contributed by atoms with E-state index in [1.165, 1.54) is 27.7 Å². The van der Waals surface area contributed by atoms with Crippen molar-refractivity contribution in [3.05, 3.63) is 35.9 Å². The number of hydrogen-bond acceptors (Lipinski definition) is 9. The molecule has 6 N–H and O–H groups in total. The maximum atomic E-state index is 16.0. The highest BCUT2D eigenvalue weighted by atomic mass is 19.2. The molecule has 0 aliphatic rings. The van der Waals surface area contributed by atoms with Gasteiger partial charge in [-0.05, 0) is 76.7 Å². The normalized spacial score (nSPS) is 17.3. The molecule has 0 spiro atoms. The number of esters is 1. The first-order chi connectivity index (χ1) is 30.9. The smallest absolute Gasteiger partial charge is 0.407 e. The van der Waals surface area contributed by atoms with Crippen LogP contribution in [0.2, 0.25) is 0 Å². The summed E-state index contributed by atoms with van der Waals surface area (Å²) in [7, 11) is 0. The van der Waals surface area contributed by atoms with Crippen LogP contribution in [0, 0.1) is 23.7 Å². The highest BCUT2D eigenvalue weighted by Crippen LogP contribution is 2.19. The second-order valence-electron chi connectivity index (χ2n) is 19.3. The second-order valence-corrected chi connectivity index (χ2v) is 19.3. The van der Waals surface area contributed by atoms with E-state index in [0.717, 1.165) is 13.8 Å². The van der Waals surface area contributed by atoms with E-state index < -0.39 is 138 Å². The van der Waals surface area contributed by atoms with E-state index in [9.17, 15) is 33.6 Å². The molecule has 1 aromatic rings. The monoisotopic (exact) mass is 967 g/mol. The number of carbonyl (C=O) groups is 7. The van der Waals surface area contributed by atoms with Gasteiger partial charge < -0.3 is 41.4 Å². The number of rotatable bonds is 26. The minimum atomic E-state index is -2.66. The topological polar surface area (TPSA) is 210 Å². The molecule has 0 fully saturated rings. The average molecular weight is 967 g/mol. The summed E-state index contributed by atoms with van der Waals surface area (Å²) in [6.45, 7) is 18.8. The summed E-state index contributed by atoms with van der Waals surface area (Å²) in [6.07, 6.45) is -16.7. The molecule has 0 aliphatic heterocycles. The average Bonchev–Trinajstić information content (AvgIpc) is 3.23. The Bertz CT molecular complexity index is 1770. The molecule has 67 heavy (non-hydrogen) atoms. The lowest BCUT2D eigenvalue weighted by molar-refractivity contribution is -0.152. The maximum Gasteiger partial charge on any atom is 0.407 e. The van der Waals surface area contributed by atoms with Crippen molar-refractivity contribution in [1.82, 2.24) is 31.9 Å². The molecule has 1 rings (SSSR count). The Kier molecular flexibility index (Phi) is 24.7. The number of amides is 6. The molecule has 0 aliphatic carbocycles. The summed E-state index contributed by atoms with van der Waals surface area (Å²) in [4.78, 5) is 89.9. The van der Waals surface area contributed by atoms with Crippen molar-refractivity contribution in [2.24, 2.45) is 23.7 Å². The summed E-state index contributed by atoms with van der Waals surface area (Å²) in [5.74, 6) is -10.9. The van der Waals surface area contributed by atoms with Crippen LogP contribution in [0.15, 0.2) is 30.3 Å². The minimum absolute atomic E-state index is 0.107. The van der Waals surface area contributed by atoms with E-state index in [1.807, 2.05) is 10.6 Å². The number of alkyl halides is 6. The minimum Gasteiger partial charge on any atom is -0.459 e. The van der Waals surface area contributed by atoms with Gasteiger partial charge in [-0.2, -0.15) is 0 Å². The Morgan fingerprint density at radius 3 is 1.25 bits per heavy atom. The van der Waals surface area contributed by atoms with Crippen molar-refractivity contribution < 1.29 is 69.4 Å². The van der Waals surface area contributed by atoms with Gasteiger partial charge in [-0.3, -0.25) is 24.0 Å². The molecule has 0 radical (unpaired) electrons. The van der Waals surface area contributed by atoms with Crippen LogP contribution in [0.1, 0.15) is 108 Å². The van der Waals surface area contributed by atoms with Crippen LogP contribution < -0.4 is 31.9 Å². The van der Waals surface area contributed by atoms with E-state index in [0.29, 0.717) is 5.56 Å². The molecule has 1 aromatic carbocycles. The highest BCUT2D eigenvalue weighted by Gasteiger charge is 2.41. The third-order valence-corrected chi connectivity index (χ3v) is 10.2. The van der Waals surface area contributed by atoms with Gasteiger partial charge in [0.15, 0.2) is 30.9 Å². The zero-order valence-electron chi connectivity index (χ0n) is 40.7. The fourth-order valence-corrected chi connectivity index (χ4v) is 6.58. The number of halogens is 6. The number of hydrogen-bond donors (Lipinski definition) is 6. The van der Waals surface area contributed by atoms with Crippen LogP contribution in [0.3, 0.4) is 0 Å². The van der Waals surface area contributed by atoms with Gasteiger partial charge in [0.2, 0.25) is 6.17 Å². The van der Waals surface area contributed by atoms with Crippen molar-refractivity contribution >= 4 is 41.6 Å². The van der Waals surface area contributed by atoms with Crippen molar-refractivity contribution in [3.63, 3.8) is 0 Å². The van der Waals surface area contributed by atoms with Gasteiger partial charge in [-0.25, -0.2) is 35.9 Å². The van der Waals surface area contributed by atoms with E-state index in [1.54, 1.807) is 78.8 Å². The van der Waals surface area contributed by atoms with Gasteiger partial charge in [0.25, 0.3) is 29.5 Å². The summed E-state index contributed by atoms with van der Waals surface area (Å²) >= 11 is 0. The second kappa shape index (κ2) is 27.6. The molecule has 6 amide bonds. The lowest BCUT2D eigenvalue weighted by atomic mass is 9.95. The Hall–Kier alpha value is -5.11. The SMILES string of the molecule is CC(C)C[C@H](NC(=O)[C@@H](F)[C@H](C)NC(=O)[C@@H](F)[C@@H](NC(=O)OC(C)(C)C)C(C)C)[C@H](F)C(=O)N[C@@H](C(C)C)[C@H](F)C(=O)N[C@@H](C)[C@H](F)C(=O)N[C@@H](CC(C)C)[C@H](F)C(=O)OCc1ccccc1. The molecule has 0 unspecified atom stereocenters. The summed E-state index contributed by atoms with van der Waals surface area (Å²) < 4.78 is 104. The Balaban J connectivity index is 3.02. The number of alkyl carbamates (subject to hydrolysis) is 1. The molecule has 0 aromatic heterocycles. The van der Waals surface area contributed by atoms with Crippen LogP contribution in [0.25, 0.3) is 0 Å². The van der Waals surface area contributed by atoms with Crippen LogP contribution in [-0.2, 0) is 44.8 Å². The number of ether oxygens (including phenoxy) is 2. The van der Waals surface area contributed by atoms with E-state index in [4.69, 9.17) is 9.47 Å². The van der Waals surface area contributed by atoms with Crippen LogP contribution in [-0.4, -0.2) is 120 Å². The van der Waals surface area contributed by atoms with E-state index in [2.05, 4.69) is 21.3 Å². The molecular formula is C46H72F6N6O9. The molecule has 0 bridgehead atoms. The predicted octanol–water partition coefficient (Wildman–Crippen LogP) is 5.52. The van der Waals surface area contributed by atoms with Crippen molar-refractivity contribution in [1.29, 1.82) is 0 Å². The molecule has 15 nitrogen and oxygen atoms in total. The van der Waals surface area contributed by atoms with Gasteiger partial charge in [-0.1, -0.05) is 85.7 Å². The molecule has 12 atom stereocenters. The molecule has 21 heteroatoms. The number of carbonyl (C=O) groups excluding carboxylic acids is 7. The summed E-state index contributed by atoms with van der Waals surface area (Å²) in [5, 5.41) is 12.6. The molecule has 382 valence electrons. The van der Waals surface area contributed by atoms with Crippen LogP contribution in [0.5, 0.6) is 0 Å². The first-order valence-corrected chi connectivity index (χ1v) is 22.4. The third-order valence-electron chi connectivity index (χ3n) is 10.2. The fraction of sp³-hybridized carbons (Fsp3) is 0.717. The van der Waals surface area contributed by atoms with Crippen LogP contribution >= 0.6 is 0 Å². The van der Waals surface area contributed by atoms with E-state index >= 15 is 26.3 Å². The standard InChI is InChI=1S/C46H72F6N6O9/c1-22(2)19-29(55-39(59)31(47)26(9)54-43(63)36(52)38(25(7)8)58-45(65)67-46(11,12)13)33(49)41(61)57-37(24(5)6)35(51)42(62)53-27(10)32(48)40(60)56-30(20-23(3)4)34(50)44(64)66-21-28-17-15-14-16-18-28/h14-18,22-27,29-38H,19-21H2,1-13H3,(H,53,62)(H,54,63)(H,55,59)(H,56,60)(H,57,61)(H,58,65)/t26-,27-,29-,30-,31-,32-,33-,34-,35-,36-,37-,38-/m0/s1. The van der Waals surface area contributed by atoms with Gasteiger partial charge in [-0.15, -0.1) is 0 Å². The lowest BCUT2D eigenvalue weighted by Gasteiger charge is -2.30. The van der Waals surface area contributed by atoms with Crippen molar-refractivity contribution in [2.45, 2.75) is 188 Å². The van der Waals surface area contributed by atoms with E-state index in [-0.39, 0.29) is 25.4 Å². The molecule has 0 heterocycles. The molecule has 0 saturated carbocycles. The quantitative estimate of drug-likeness (QED) is 0.0510. The largest absolute Gasteiger partial charge is 0.459 e. The zero-order chi connectivity index (χ0) is 51.7.